The Labute approximate surface area is 155 Å². The van der Waals surface area contributed by atoms with Gasteiger partial charge in [-0.1, -0.05) is 43.0 Å². The van der Waals surface area contributed by atoms with Crippen LogP contribution < -0.4 is 10.0 Å². The summed E-state index contributed by atoms with van der Waals surface area (Å²) in [7, 11) is -3.42. The fraction of sp³-hybridized carbons (Fsp3) is 0.588. The van der Waals surface area contributed by atoms with E-state index in [1.54, 1.807) is 6.07 Å². The summed E-state index contributed by atoms with van der Waals surface area (Å²) >= 11 is 0. The molecule has 6 nitrogen and oxygen atoms in total. The second-order valence-electron chi connectivity index (χ2n) is 6.42. The van der Waals surface area contributed by atoms with Crippen LogP contribution in [0.25, 0.3) is 11.0 Å². The topological polar surface area (TPSA) is 84.2 Å². The fourth-order valence-corrected chi connectivity index (χ4v) is 4.32. The van der Waals surface area contributed by atoms with E-state index in [0.29, 0.717) is 30.4 Å². The van der Waals surface area contributed by atoms with Crippen molar-refractivity contribution in [2.75, 3.05) is 13.1 Å². The predicted molar refractivity (Wildman–Crippen MR) is 101 cm³/mol. The van der Waals surface area contributed by atoms with Gasteiger partial charge in [0.2, 0.25) is 10.0 Å². The molecule has 1 saturated carbocycles. The van der Waals surface area contributed by atoms with Gasteiger partial charge in [-0.05, 0) is 25.0 Å². The average Bonchev–Trinajstić information content (AvgIpc) is 2.79. The molecule has 8 heteroatoms. The van der Waals surface area contributed by atoms with Crippen LogP contribution in [0.3, 0.4) is 0 Å². The minimum absolute atomic E-state index is 0. The molecule has 0 aliphatic heterocycles. The molecule has 0 unspecified atom stereocenters. The van der Waals surface area contributed by atoms with Gasteiger partial charge in [-0.15, -0.1) is 12.4 Å². The molecule has 0 atom stereocenters. The zero-order valence-electron chi connectivity index (χ0n) is 14.2. The number of hydrogen-bond donors (Lipinski definition) is 2. The molecule has 1 aromatic carbocycles. The fourth-order valence-electron chi connectivity index (χ4n) is 3.24. The number of benzene rings is 1. The van der Waals surface area contributed by atoms with Crippen LogP contribution in [0.15, 0.2) is 28.8 Å². The molecule has 1 fully saturated rings. The first-order valence-corrected chi connectivity index (χ1v) is 10.3. The largest absolute Gasteiger partial charge is 0.356 e. The van der Waals surface area contributed by atoms with Crippen LogP contribution in [0.4, 0.5) is 0 Å². The van der Waals surface area contributed by atoms with Crippen molar-refractivity contribution in [3.8, 4) is 0 Å². The van der Waals surface area contributed by atoms with E-state index in [0.717, 1.165) is 5.39 Å². The summed E-state index contributed by atoms with van der Waals surface area (Å²) in [5, 5.41) is 8.09. The molecule has 0 spiro atoms. The summed E-state index contributed by atoms with van der Waals surface area (Å²) in [6, 6.07) is 7.81. The minimum Gasteiger partial charge on any atom is -0.356 e. The van der Waals surface area contributed by atoms with Gasteiger partial charge in [0, 0.05) is 24.5 Å². The van der Waals surface area contributed by atoms with Gasteiger partial charge in [0.25, 0.3) is 0 Å². The molecule has 2 N–H and O–H groups in total. The summed E-state index contributed by atoms with van der Waals surface area (Å²) < 4.78 is 32.3. The Kier molecular flexibility index (Phi) is 7.68. The molecule has 1 aliphatic carbocycles. The van der Waals surface area contributed by atoms with Crippen molar-refractivity contribution in [2.24, 2.45) is 0 Å². The Morgan fingerprint density at radius 1 is 1.08 bits per heavy atom. The lowest BCUT2D eigenvalue weighted by atomic mass is 10.1. The van der Waals surface area contributed by atoms with Gasteiger partial charge in [-0.25, -0.2) is 13.1 Å². The van der Waals surface area contributed by atoms with Gasteiger partial charge >= 0.3 is 0 Å². The van der Waals surface area contributed by atoms with E-state index < -0.39 is 10.0 Å². The number of hydrogen-bond acceptors (Lipinski definition) is 5. The highest BCUT2D eigenvalue weighted by Crippen LogP contribution is 2.19. The second-order valence-corrected chi connectivity index (χ2v) is 8.23. The van der Waals surface area contributed by atoms with E-state index >= 15 is 0 Å². The van der Waals surface area contributed by atoms with E-state index in [9.17, 15) is 8.42 Å². The number of nitrogens with zero attached hydrogens (tertiary/aromatic N) is 1. The van der Waals surface area contributed by atoms with E-state index in [1.165, 1.54) is 38.5 Å². The molecule has 3 rings (SSSR count). The first-order chi connectivity index (χ1) is 11.6. The van der Waals surface area contributed by atoms with Gasteiger partial charge in [0.1, 0.15) is 11.4 Å². The highest BCUT2D eigenvalue weighted by atomic mass is 35.5. The molecule has 1 heterocycles. The van der Waals surface area contributed by atoms with Gasteiger partial charge in [-0.2, -0.15) is 0 Å². The summed E-state index contributed by atoms with van der Waals surface area (Å²) in [5.74, 6) is -0.159. The molecule has 0 bridgehead atoms. The Morgan fingerprint density at radius 3 is 2.56 bits per heavy atom. The second kappa shape index (κ2) is 9.52. The lowest BCUT2D eigenvalue weighted by molar-refractivity contribution is 0.448. The molecule has 2 aromatic rings. The predicted octanol–water partition coefficient (Wildman–Crippen LogP) is 2.98. The first-order valence-electron chi connectivity index (χ1n) is 8.68. The molecule has 1 aromatic heterocycles. The maximum atomic E-state index is 12.2. The Balaban J connectivity index is 0.00000225. The van der Waals surface area contributed by atoms with Gasteiger partial charge in [0.15, 0.2) is 5.58 Å². The zero-order valence-corrected chi connectivity index (χ0v) is 15.9. The minimum atomic E-state index is -3.42. The van der Waals surface area contributed by atoms with Crippen molar-refractivity contribution in [1.29, 1.82) is 0 Å². The molecule has 0 radical (unpaired) electrons. The average molecular weight is 388 g/mol. The van der Waals surface area contributed by atoms with Crippen molar-refractivity contribution in [1.82, 2.24) is 15.2 Å². The highest BCUT2D eigenvalue weighted by molar-refractivity contribution is 7.88. The normalized spacial score (nSPS) is 16.5. The summed E-state index contributed by atoms with van der Waals surface area (Å²) in [6.07, 6.45) is 7.55. The van der Waals surface area contributed by atoms with Gasteiger partial charge in [0.05, 0.1) is 0 Å². The molecular weight excluding hydrogens is 362 g/mol. The number of aromatic nitrogens is 1. The van der Waals surface area contributed by atoms with Crippen LogP contribution in [-0.4, -0.2) is 32.7 Å². The van der Waals surface area contributed by atoms with E-state index in [1.807, 2.05) is 18.2 Å². The summed E-state index contributed by atoms with van der Waals surface area (Å²) in [6.45, 7) is 1.05. The van der Waals surface area contributed by atoms with Crippen LogP contribution in [0.2, 0.25) is 0 Å². The standard InChI is InChI=1S/C17H25N3O3S.ClH/c21-24(22,13-16-15-9-5-6-10-17(15)23-20-16)19-12-11-18-14-7-3-1-2-4-8-14;/h5-6,9-10,14,18-19H,1-4,7-8,11-13H2;1H. The van der Waals surface area contributed by atoms with Crippen molar-refractivity contribution >= 4 is 33.4 Å². The zero-order chi connectivity index (χ0) is 16.8. The number of sulfonamides is 1. The van der Waals surface area contributed by atoms with Gasteiger partial charge in [-0.3, -0.25) is 0 Å². The van der Waals surface area contributed by atoms with E-state index in [-0.39, 0.29) is 18.2 Å². The third kappa shape index (κ3) is 5.95. The summed E-state index contributed by atoms with van der Waals surface area (Å²) in [4.78, 5) is 0. The lowest BCUT2D eigenvalue weighted by Crippen LogP contribution is -2.37. The van der Waals surface area contributed by atoms with Crippen LogP contribution in [0.1, 0.15) is 44.2 Å². The van der Waals surface area contributed by atoms with Crippen molar-refractivity contribution in [3.05, 3.63) is 30.0 Å². The molecule has 140 valence electrons. The SMILES string of the molecule is Cl.O=S(=O)(Cc1noc2ccccc12)NCCNC1CCCCCC1. The molecule has 0 saturated heterocycles. The monoisotopic (exact) mass is 387 g/mol. The third-order valence-corrected chi connectivity index (χ3v) is 5.81. The van der Waals surface area contributed by atoms with Crippen LogP contribution in [-0.2, 0) is 15.8 Å². The van der Waals surface area contributed by atoms with Crippen LogP contribution in [0.5, 0.6) is 0 Å². The van der Waals surface area contributed by atoms with Crippen molar-refractivity contribution in [2.45, 2.75) is 50.3 Å². The van der Waals surface area contributed by atoms with Crippen molar-refractivity contribution < 1.29 is 12.9 Å². The number of halogens is 1. The van der Waals surface area contributed by atoms with Gasteiger partial charge < -0.3 is 9.84 Å². The molecule has 0 amide bonds. The Hall–Kier alpha value is -1.15. The number of fused-ring (bicyclic) bond motifs is 1. The quantitative estimate of drug-likeness (QED) is 0.563. The maximum Gasteiger partial charge on any atom is 0.217 e. The smallest absolute Gasteiger partial charge is 0.217 e. The van der Waals surface area contributed by atoms with Crippen LogP contribution in [0, 0.1) is 0 Å². The third-order valence-electron chi connectivity index (χ3n) is 4.51. The van der Waals surface area contributed by atoms with E-state index in [2.05, 4.69) is 15.2 Å². The maximum absolute atomic E-state index is 12.2. The Morgan fingerprint density at radius 2 is 1.80 bits per heavy atom. The Bertz CT molecular complexity index is 755. The molecule has 25 heavy (non-hydrogen) atoms. The number of nitrogens with one attached hydrogen (secondary N) is 2. The summed E-state index contributed by atoms with van der Waals surface area (Å²) in [5.41, 5.74) is 1.06. The van der Waals surface area contributed by atoms with E-state index in [4.69, 9.17) is 4.52 Å². The number of rotatable bonds is 7. The molecule has 1 aliphatic rings. The van der Waals surface area contributed by atoms with Crippen LogP contribution >= 0.6 is 12.4 Å². The first kappa shape index (κ1) is 20.2. The number of para-hydroxylation sites is 1. The van der Waals surface area contributed by atoms with Crippen molar-refractivity contribution in [3.63, 3.8) is 0 Å². The highest BCUT2D eigenvalue weighted by Gasteiger charge is 2.17. The lowest BCUT2D eigenvalue weighted by Gasteiger charge is -2.16. The molecular formula is C17H26ClN3O3S.